The summed E-state index contributed by atoms with van der Waals surface area (Å²) in [6.07, 6.45) is 5.18. The number of aromatic nitrogens is 1. The van der Waals surface area contributed by atoms with Crippen molar-refractivity contribution in [1.82, 2.24) is 9.88 Å². The Kier molecular flexibility index (Phi) is 3.46. The minimum Gasteiger partial charge on any atom is -0.495 e. The number of methoxy groups -OCH3 is 1. The Bertz CT molecular complexity index is 492. The molecule has 0 unspecified atom stereocenters. The van der Waals surface area contributed by atoms with Gasteiger partial charge in [0.25, 0.3) is 0 Å². The lowest BCUT2D eigenvalue weighted by Gasteiger charge is -2.43. The van der Waals surface area contributed by atoms with Crippen LogP contribution < -0.4 is 10.5 Å². The van der Waals surface area contributed by atoms with Gasteiger partial charge in [0.05, 0.1) is 13.3 Å². The van der Waals surface area contributed by atoms with E-state index in [1.807, 2.05) is 6.20 Å². The molecule has 4 nitrogen and oxygen atoms in total. The molecule has 1 aliphatic heterocycles. The average molecular weight is 275 g/mol. The van der Waals surface area contributed by atoms with Gasteiger partial charge in [-0.3, -0.25) is 4.98 Å². The lowest BCUT2D eigenvalue weighted by Crippen LogP contribution is -2.46. The second-order valence-corrected chi connectivity index (χ2v) is 6.56. The van der Waals surface area contributed by atoms with E-state index in [2.05, 4.69) is 29.8 Å². The Balaban J connectivity index is 1.81. The molecule has 0 saturated carbocycles. The van der Waals surface area contributed by atoms with Crippen LogP contribution in [0.4, 0.5) is 0 Å². The van der Waals surface area contributed by atoms with Crippen LogP contribution in [0.2, 0.25) is 0 Å². The summed E-state index contributed by atoms with van der Waals surface area (Å²) < 4.78 is 5.29. The number of likely N-dealkylation sites (tertiary alicyclic amines) is 1. The molecule has 4 heteroatoms. The van der Waals surface area contributed by atoms with Gasteiger partial charge in [-0.05, 0) is 63.2 Å². The zero-order valence-corrected chi connectivity index (χ0v) is 12.7. The second-order valence-electron chi connectivity index (χ2n) is 6.56. The molecule has 1 atom stereocenters. The van der Waals surface area contributed by atoms with Crippen molar-refractivity contribution in [3.8, 4) is 5.75 Å². The molecule has 1 spiro atoms. The van der Waals surface area contributed by atoms with Gasteiger partial charge >= 0.3 is 0 Å². The third-order valence-corrected chi connectivity index (χ3v) is 5.25. The van der Waals surface area contributed by atoms with E-state index in [1.54, 1.807) is 7.11 Å². The number of ether oxygens (including phenoxy) is 1. The number of nitrogens with zero attached hydrogens (tertiary/aromatic N) is 2. The first-order chi connectivity index (χ1) is 9.55. The van der Waals surface area contributed by atoms with E-state index in [1.165, 1.54) is 24.1 Å². The predicted octanol–water partition coefficient (Wildman–Crippen LogP) is 2.14. The third-order valence-electron chi connectivity index (χ3n) is 5.25. The highest BCUT2D eigenvalue weighted by Crippen LogP contribution is 2.50. The standard InChI is InChI=1S/C16H25N3O/c1-11(2)19-6-4-16(5-7-19)9-14-13(15(16)17)8-12(20-3)10-18-14/h8,10-11,15H,4-7,9,17H2,1-3H3/t15-/m0/s1. The third kappa shape index (κ3) is 2.11. The molecule has 2 aliphatic rings. The highest BCUT2D eigenvalue weighted by Gasteiger charge is 2.46. The fraction of sp³-hybridized carbons (Fsp3) is 0.688. The van der Waals surface area contributed by atoms with Crippen molar-refractivity contribution < 1.29 is 4.74 Å². The molecule has 0 bridgehead atoms. The van der Waals surface area contributed by atoms with Gasteiger partial charge in [0, 0.05) is 17.8 Å². The predicted molar refractivity (Wildman–Crippen MR) is 79.8 cm³/mol. The molecule has 1 aliphatic carbocycles. The number of hydrogen-bond acceptors (Lipinski definition) is 4. The maximum Gasteiger partial charge on any atom is 0.137 e. The summed E-state index contributed by atoms with van der Waals surface area (Å²) in [6.45, 7) is 6.84. The monoisotopic (exact) mass is 275 g/mol. The molecule has 1 aromatic rings. The minimum atomic E-state index is 0.106. The molecule has 0 radical (unpaired) electrons. The first kappa shape index (κ1) is 13.8. The van der Waals surface area contributed by atoms with E-state index >= 15 is 0 Å². The molecule has 0 amide bonds. The maximum absolute atomic E-state index is 6.59. The van der Waals surface area contributed by atoms with E-state index in [9.17, 15) is 0 Å². The van der Waals surface area contributed by atoms with Crippen LogP contribution in [0, 0.1) is 5.41 Å². The van der Waals surface area contributed by atoms with Crippen LogP contribution in [0.5, 0.6) is 5.75 Å². The lowest BCUT2D eigenvalue weighted by atomic mass is 9.73. The normalized spacial score (nSPS) is 25.1. The van der Waals surface area contributed by atoms with Crippen molar-refractivity contribution in [1.29, 1.82) is 0 Å². The van der Waals surface area contributed by atoms with Gasteiger partial charge in [0.2, 0.25) is 0 Å². The topological polar surface area (TPSA) is 51.4 Å². The Morgan fingerprint density at radius 1 is 1.40 bits per heavy atom. The van der Waals surface area contributed by atoms with Crippen molar-refractivity contribution in [2.24, 2.45) is 11.1 Å². The maximum atomic E-state index is 6.59. The summed E-state index contributed by atoms with van der Waals surface area (Å²) in [6, 6.07) is 2.82. The van der Waals surface area contributed by atoms with Crippen molar-refractivity contribution >= 4 is 0 Å². The largest absolute Gasteiger partial charge is 0.495 e. The van der Waals surface area contributed by atoms with Gasteiger partial charge in [-0.1, -0.05) is 0 Å². The number of rotatable bonds is 2. The van der Waals surface area contributed by atoms with E-state index in [0.717, 1.165) is 25.3 Å². The second kappa shape index (κ2) is 5.01. The highest BCUT2D eigenvalue weighted by atomic mass is 16.5. The first-order valence-electron chi connectivity index (χ1n) is 7.58. The summed E-state index contributed by atoms with van der Waals surface area (Å²) >= 11 is 0. The minimum absolute atomic E-state index is 0.106. The average Bonchev–Trinajstić information content (AvgIpc) is 2.72. The summed E-state index contributed by atoms with van der Waals surface area (Å²) in [5.41, 5.74) is 9.18. The van der Waals surface area contributed by atoms with Gasteiger partial charge in [-0.2, -0.15) is 0 Å². The molecule has 2 N–H and O–H groups in total. The van der Waals surface area contributed by atoms with Crippen molar-refractivity contribution in [3.05, 3.63) is 23.5 Å². The van der Waals surface area contributed by atoms with E-state index in [4.69, 9.17) is 10.5 Å². The molecular weight excluding hydrogens is 250 g/mol. The number of pyridine rings is 1. The quantitative estimate of drug-likeness (QED) is 0.898. The highest BCUT2D eigenvalue weighted by molar-refractivity contribution is 5.38. The van der Waals surface area contributed by atoms with Gasteiger partial charge in [0.1, 0.15) is 5.75 Å². The Labute approximate surface area is 121 Å². The SMILES string of the molecule is COc1cnc2c(c1)[C@H](N)C1(CCN(C(C)C)CC1)C2. The van der Waals surface area contributed by atoms with Crippen LogP contribution >= 0.6 is 0 Å². The Hall–Kier alpha value is -1.13. The molecular formula is C16H25N3O. The number of piperidine rings is 1. The fourth-order valence-electron chi connectivity index (χ4n) is 3.77. The zero-order valence-electron chi connectivity index (χ0n) is 12.7. The van der Waals surface area contributed by atoms with Gasteiger partial charge in [-0.15, -0.1) is 0 Å². The lowest BCUT2D eigenvalue weighted by molar-refractivity contribution is 0.0707. The molecule has 1 fully saturated rings. The van der Waals surface area contributed by atoms with Gasteiger partial charge < -0.3 is 15.4 Å². The van der Waals surface area contributed by atoms with E-state index in [0.29, 0.717) is 6.04 Å². The molecule has 1 aromatic heterocycles. The smallest absolute Gasteiger partial charge is 0.137 e. The fourth-order valence-corrected chi connectivity index (χ4v) is 3.77. The molecule has 2 heterocycles. The summed E-state index contributed by atoms with van der Waals surface area (Å²) in [5.74, 6) is 0.816. The summed E-state index contributed by atoms with van der Waals surface area (Å²) in [5, 5.41) is 0. The van der Waals surface area contributed by atoms with E-state index < -0.39 is 0 Å². The summed E-state index contributed by atoms with van der Waals surface area (Å²) in [7, 11) is 1.68. The number of hydrogen-bond donors (Lipinski definition) is 1. The van der Waals surface area contributed by atoms with Crippen LogP contribution in [0.15, 0.2) is 12.3 Å². The molecule has 110 valence electrons. The van der Waals surface area contributed by atoms with Gasteiger partial charge in [-0.25, -0.2) is 0 Å². The van der Waals surface area contributed by atoms with Crippen LogP contribution in [-0.4, -0.2) is 36.1 Å². The first-order valence-corrected chi connectivity index (χ1v) is 7.58. The van der Waals surface area contributed by atoms with Crippen LogP contribution in [-0.2, 0) is 6.42 Å². The number of fused-ring (bicyclic) bond motifs is 1. The molecule has 3 rings (SSSR count). The molecule has 1 saturated heterocycles. The van der Waals surface area contributed by atoms with Crippen molar-refractivity contribution in [2.45, 2.75) is 45.2 Å². The zero-order chi connectivity index (χ0) is 14.3. The Morgan fingerprint density at radius 3 is 2.70 bits per heavy atom. The number of nitrogens with two attached hydrogens (primary N) is 1. The van der Waals surface area contributed by atoms with Crippen LogP contribution in [0.1, 0.15) is 44.0 Å². The van der Waals surface area contributed by atoms with Crippen molar-refractivity contribution in [3.63, 3.8) is 0 Å². The van der Waals surface area contributed by atoms with E-state index in [-0.39, 0.29) is 11.5 Å². The molecule has 20 heavy (non-hydrogen) atoms. The van der Waals surface area contributed by atoms with Crippen LogP contribution in [0.25, 0.3) is 0 Å². The molecule has 0 aromatic carbocycles. The summed E-state index contributed by atoms with van der Waals surface area (Å²) in [4.78, 5) is 7.12. The van der Waals surface area contributed by atoms with Crippen molar-refractivity contribution in [2.75, 3.05) is 20.2 Å². The van der Waals surface area contributed by atoms with Crippen LogP contribution in [0.3, 0.4) is 0 Å². The van der Waals surface area contributed by atoms with Gasteiger partial charge in [0.15, 0.2) is 0 Å². The Morgan fingerprint density at radius 2 is 2.10 bits per heavy atom.